The van der Waals surface area contributed by atoms with E-state index in [4.69, 9.17) is 9.53 Å². The van der Waals surface area contributed by atoms with Gasteiger partial charge in [-0.3, -0.25) is 14.4 Å². The minimum atomic E-state index is -1.42. The van der Waals surface area contributed by atoms with Gasteiger partial charge in [0.2, 0.25) is 5.91 Å². The number of hydrogen-bond acceptors (Lipinski definition) is 4. The van der Waals surface area contributed by atoms with Crippen molar-refractivity contribution >= 4 is 26.7 Å². The maximum absolute atomic E-state index is 12.3. The van der Waals surface area contributed by atoms with Gasteiger partial charge >= 0.3 is 5.97 Å². The summed E-state index contributed by atoms with van der Waals surface area (Å²) in [5.41, 5.74) is -0.987. The molecule has 1 aliphatic rings. The van der Waals surface area contributed by atoms with Crippen LogP contribution >= 0.6 is 0 Å². The van der Waals surface area contributed by atoms with Crippen LogP contribution in [0.4, 0.5) is 0 Å². The van der Waals surface area contributed by atoms with Gasteiger partial charge in [-0.1, -0.05) is 27.7 Å². The van der Waals surface area contributed by atoms with Gasteiger partial charge in [-0.25, -0.2) is 0 Å². The fourth-order valence-electron chi connectivity index (χ4n) is 3.13. The third-order valence-electron chi connectivity index (χ3n) is 4.89. The third kappa shape index (κ3) is 4.01. The predicted octanol–water partition coefficient (Wildman–Crippen LogP) is 1.59. The van der Waals surface area contributed by atoms with E-state index in [0.29, 0.717) is 0 Å². The molecule has 6 nitrogen and oxygen atoms in total. The smallest absolute Gasteiger partial charge is 0.310 e. The number of nitrogens with one attached hydrogen (secondary N) is 1. The standard InChI is InChI=1S/C16H29NO5Si/c1-9(10(18)8-11(19)20)13-12(14(21)17-13)16(5,15(2,3)4)22-23(6)7/h9,12-13,23H,8H2,1-7H3,(H,17,21)(H,19,20)/t9-,12+,13+,16+/m0/s1. The SMILES string of the molecule is C[C@@H](C(=O)CC(=O)O)[C@H]1NC(=O)[C@@H]1[C@@](C)(O[SiH](C)C)C(C)(C)C. The summed E-state index contributed by atoms with van der Waals surface area (Å²) in [6.07, 6.45) is -0.522. The number of aliphatic carboxylic acids is 1. The van der Waals surface area contributed by atoms with E-state index in [1.165, 1.54) is 0 Å². The molecule has 1 fully saturated rings. The lowest BCUT2D eigenvalue weighted by Gasteiger charge is -2.55. The Hall–Kier alpha value is -1.21. The average molecular weight is 343 g/mol. The van der Waals surface area contributed by atoms with Crippen LogP contribution in [0.2, 0.25) is 13.1 Å². The van der Waals surface area contributed by atoms with Crippen molar-refractivity contribution < 1.29 is 23.9 Å². The highest BCUT2D eigenvalue weighted by atomic mass is 28.3. The van der Waals surface area contributed by atoms with E-state index in [1.54, 1.807) is 6.92 Å². The van der Waals surface area contributed by atoms with E-state index in [0.717, 1.165) is 0 Å². The van der Waals surface area contributed by atoms with Crippen molar-refractivity contribution in [3.8, 4) is 0 Å². The van der Waals surface area contributed by atoms with Crippen LogP contribution in [0.5, 0.6) is 0 Å². The van der Waals surface area contributed by atoms with Crippen molar-refractivity contribution in [2.24, 2.45) is 17.3 Å². The molecule has 0 aromatic heterocycles. The highest BCUT2D eigenvalue weighted by molar-refractivity contribution is 6.48. The Bertz CT molecular complexity index is 499. The zero-order valence-corrected chi connectivity index (χ0v) is 16.3. The van der Waals surface area contributed by atoms with Crippen LogP contribution in [0.1, 0.15) is 41.0 Å². The molecule has 4 atom stereocenters. The first-order valence-electron chi connectivity index (χ1n) is 8.04. The fraction of sp³-hybridized carbons (Fsp3) is 0.812. The summed E-state index contributed by atoms with van der Waals surface area (Å²) in [6, 6.07) is -0.383. The van der Waals surface area contributed by atoms with Gasteiger partial charge in [0.05, 0.1) is 17.6 Å². The lowest BCUT2D eigenvalue weighted by atomic mass is 9.62. The van der Waals surface area contributed by atoms with Crippen molar-refractivity contribution in [2.75, 3.05) is 0 Å². The number of carbonyl (C=O) groups excluding carboxylic acids is 2. The molecule has 1 amide bonds. The van der Waals surface area contributed by atoms with Crippen molar-refractivity contribution in [3.63, 3.8) is 0 Å². The lowest BCUT2D eigenvalue weighted by Crippen LogP contribution is -2.72. The molecule has 0 unspecified atom stereocenters. The highest BCUT2D eigenvalue weighted by Gasteiger charge is 2.59. The molecule has 2 N–H and O–H groups in total. The molecular weight excluding hydrogens is 314 g/mol. The molecule has 132 valence electrons. The molecule has 0 spiro atoms. The summed E-state index contributed by atoms with van der Waals surface area (Å²) in [4.78, 5) is 35.1. The molecule has 0 aromatic carbocycles. The Morgan fingerprint density at radius 1 is 1.30 bits per heavy atom. The molecule has 1 heterocycles. The van der Waals surface area contributed by atoms with Gasteiger partial charge in [-0.15, -0.1) is 0 Å². The van der Waals surface area contributed by atoms with Gasteiger partial charge in [-0.05, 0) is 25.4 Å². The molecule has 23 heavy (non-hydrogen) atoms. The van der Waals surface area contributed by atoms with Crippen LogP contribution in [0, 0.1) is 17.3 Å². The second-order valence-corrected chi connectivity index (χ2v) is 10.2. The monoisotopic (exact) mass is 343 g/mol. The quantitative estimate of drug-likeness (QED) is 0.416. The Balaban J connectivity index is 3.08. The summed E-state index contributed by atoms with van der Waals surface area (Å²) in [6.45, 7) is 13.8. The summed E-state index contributed by atoms with van der Waals surface area (Å²) in [7, 11) is -1.42. The Morgan fingerprint density at radius 3 is 2.17 bits per heavy atom. The Kier molecular flexibility index (Phi) is 5.80. The van der Waals surface area contributed by atoms with Crippen LogP contribution in [0.25, 0.3) is 0 Å². The summed E-state index contributed by atoms with van der Waals surface area (Å²) >= 11 is 0. The molecule has 0 radical (unpaired) electrons. The highest BCUT2D eigenvalue weighted by Crippen LogP contribution is 2.46. The van der Waals surface area contributed by atoms with Gasteiger partial charge in [0, 0.05) is 5.92 Å². The summed E-state index contributed by atoms with van der Waals surface area (Å²) < 4.78 is 6.27. The van der Waals surface area contributed by atoms with Gasteiger partial charge in [-0.2, -0.15) is 0 Å². The molecule has 0 saturated carbocycles. The van der Waals surface area contributed by atoms with Gasteiger partial charge in [0.1, 0.15) is 12.2 Å². The first kappa shape index (κ1) is 19.8. The Labute approximate surface area is 139 Å². The molecule has 0 bridgehead atoms. The average Bonchev–Trinajstić information content (AvgIpc) is 2.31. The minimum Gasteiger partial charge on any atom is -0.481 e. The number of Topliss-reactive ketones (excluding diaryl/α,β-unsaturated/α-hetero) is 1. The fourth-order valence-corrected chi connectivity index (χ4v) is 4.61. The van der Waals surface area contributed by atoms with Crippen LogP contribution in [0.15, 0.2) is 0 Å². The van der Waals surface area contributed by atoms with Crippen molar-refractivity contribution in [2.45, 2.75) is 65.8 Å². The van der Waals surface area contributed by atoms with Crippen LogP contribution in [-0.4, -0.2) is 43.4 Å². The van der Waals surface area contributed by atoms with Crippen LogP contribution in [-0.2, 0) is 18.8 Å². The second-order valence-electron chi connectivity index (χ2n) is 7.86. The molecule has 0 aliphatic carbocycles. The summed E-state index contributed by atoms with van der Waals surface area (Å²) in [5.74, 6) is -2.64. The minimum absolute atomic E-state index is 0.128. The van der Waals surface area contributed by atoms with Crippen molar-refractivity contribution in [1.29, 1.82) is 0 Å². The first-order chi connectivity index (χ1) is 10.3. The maximum Gasteiger partial charge on any atom is 0.310 e. The summed E-state index contributed by atoms with van der Waals surface area (Å²) in [5, 5.41) is 11.6. The molecule has 1 rings (SSSR count). The lowest BCUT2D eigenvalue weighted by molar-refractivity contribution is -0.163. The molecular formula is C16H29NO5Si. The Morgan fingerprint density at radius 2 is 1.83 bits per heavy atom. The number of ketones is 1. The largest absolute Gasteiger partial charge is 0.481 e. The second kappa shape index (κ2) is 6.73. The van der Waals surface area contributed by atoms with Gasteiger partial charge in [0.25, 0.3) is 0 Å². The van der Waals surface area contributed by atoms with Gasteiger partial charge < -0.3 is 14.8 Å². The maximum atomic E-state index is 12.3. The zero-order chi connectivity index (χ0) is 18.2. The van der Waals surface area contributed by atoms with E-state index in [1.807, 2.05) is 27.7 Å². The zero-order valence-electron chi connectivity index (χ0n) is 15.1. The van der Waals surface area contributed by atoms with Crippen LogP contribution < -0.4 is 5.32 Å². The van der Waals surface area contributed by atoms with E-state index >= 15 is 0 Å². The number of β-lactam (4-membered cyclic amide) rings is 1. The molecule has 1 aliphatic heterocycles. The first-order valence-corrected chi connectivity index (χ1v) is 10.8. The third-order valence-corrected chi connectivity index (χ3v) is 5.85. The van der Waals surface area contributed by atoms with Crippen molar-refractivity contribution in [3.05, 3.63) is 0 Å². The van der Waals surface area contributed by atoms with Crippen molar-refractivity contribution in [1.82, 2.24) is 5.32 Å². The molecule has 1 saturated heterocycles. The predicted molar refractivity (Wildman–Crippen MR) is 89.7 cm³/mol. The van der Waals surface area contributed by atoms with Gasteiger partial charge in [0.15, 0.2) is 9.04 Å². The number of carbonyl (C=O) groups is 3. The van der Waals surface area contributed by atoms with E-state index < -0.39 is 38.9 Å². The molecule has 0 aromatic rings. The molecule has 7 heteroatoms. The number of carboxylic acid groups (broad SMARTS) is 1. The number of amides is 1. The number of rotatable bonds is 7. The van der Waals surface area contributed by atoms with E-state index in [-0.39, 0.29) is 23.1 Å². The number of carboxylic acids is 1. The normalized spacial score (nSPS) is 25.3. The van der Waals surface area contributed by atoms with E-state index in [2.05, 4.69) is 18.4 Å². The number of hydrogen-bond donors (Lipinski definition) is 2. The topological polar surface area (TPSA) is 92.7 Å². The van der Waals surface area contributed by atoms with Crippen LogP contribution in [0.3, 0.4) is 0 Å². The van der Waals surface area contributed by atoms with E-state index in [9.17, 15) is 14.4 Å².